The Morgan fingerprint density at radius 2 is 2.19 bits per heavy atom. The summed E-state index contributed by atoms with van der Waals surface area (Å²) in [7, 11) is 0. The molecule has 2 N–H and O–H groups in total. The topological polar surface area (TPSA) is 78.9 Å². The number of benzene rings is 1. The third-order valence-electron chi connectivity index (χ3n) is 3.05. The Morgan fingerprint density at radius 3 is 2.76 bits per heavy atom. The monoisotopic (exact) mass is 376 g/mol. The van der Waals surface area contributed by atoms with Crippen molar-refractivity contribution in [2.75, 3.05) is 25.0 Å². The summed E-state index contributed by atoms with van der Waals surface area (Å²) in [5.41, 5.74) is -0.0934. The van der Waals surface area contributed by atoms with E-state index in [9.17, 15) is 9.59 Å². The molecular formula is C13H14BrClN2O4. The molecule has 1 saturated heterocycles. The van der Waals surface area contributed by atoms with Gasteiger partial charge in [0.2, 0.25) is 0 Å². The lowest BCUT2D eigenvalue weighted by atomic mass is 9.97. The van der Waals surface area contributed by atoms with E-state index in [2.05, 4.69) is 21.2 Å². The van der Waals surface area contributed by atoms with Gasteiger partial charge in [0.25, 0.3) is 0 Å². The van der Waals surface area contributed by atoms with Crippen LogP contribution >= 0.6 is 27.5 Å². The van der Waals surface area contributed by atoms with Crippen LogP contribution in [0.5, 0.6) is 0 Å². The maximum atomic E-state index is 12.0. The number of carboxylic acid groups (broad SMARTS) is 1. The largest absolute Gasteiger partial charge is 0.480 e. The number of likely N-dealkylation sites (tertiary alicyclic amines) is 1. The quantitative estimate of drug-likeness (QED) is 0.846. The number of carboxylic acids is 1. The SMILES string of the molecule is CC1(OCC(=O)O)CN(C(=O)Nc2ccc(Br)cc2Cl)C1. The molecule has 0 aliphatic carbocycles. The van der Waals surface area contributed by atoms with Gasteiger partial charge >= 0.3 is 12.0 Å². The number of rotatable bonds is 4. The number of nitrogens with one attached hydrogen (secondary N) is 1. The number of hydrogen-bond donors (Lipinski definition) is 2. The summed E-state index contributed by atoms with van der Waals surface area (Å²) in [6.07, 6.45) is 0. The zero-order chi connectivity index (χ0) is 15.6. The fraction of sp³-hybridized carbons (Fsp3) is 0.385. The maximum Gasteiger partial charge on any atom is 0.329 e. The van der Waals surface area contributed by atoms with Crippen LogP contribution in [-0.2, 0) is 9.53 Å². The summed E-state index contributed by atoms with van der Waals surface area (Å²) in [5.74, 6) is -1.03. The van der Waals surface area contributed by atoms with Crippen LogP contribution in [0.25, 0.3) is 0 Å². The molecule has 0 atom stereocenters. The van der Waals surface area contributed by atoms with Crippen molar-refractivity contribution in [3.05, 3.63) is 27.7 Å². The number of carbonyl (C=O) groups excluding carboxylic acids is 1. The summed E-state index contributed by atoms with van der Waals surface area (Å²) in [6, 6.07) is 4.87. The summed E-state index contributed by atoms with van der Waals surface area (Å²) >= 11 is 9.31. The van der Waals surface area contributed by atoms with Crippen molar-refractivity contribution in [2.45, 2.75) is 12.5 Å². The van der Waals surface area contributed by atoms with E-state index in [1.54, 1.807) is 25.1 Å². The number of anilines is 1. The molecule has 0 unspecified atom stereocenters. The number of urea groups is 1. The highest BCUT2D eigenvalue weighted by Gasteiger charge is 2.42. The lowest BCUT2D eigenvalue weighted by Gasteiger charge is -2.46. The fourth-order valence-corrected chi connectivity index (χ4v) is 2.74. The Hall–Kier alpha value is -1.31. The summed E-state index contributed by atoms with van der Waals surface area (Å²) < 4.78 is 6.07. The molecule has 1 aromatic rings. The van der Waals surface area contributed by atoms with Crippen LogP contribution in [0.2, 0.25) is 5.02 Å². The Bertz CT molecular complexity index is 575. The molecule has 6 nitrogen and oxygen atoms in total. The highest BCUT2D eigenvalue weighted by atomic mass is 79.9. The smallest absolute Gasteiger partial charge is 0.329 e. The Morgan fingerprint density at radius 1 is 1.52 bits per heavy atom. The Labute approximate surface area is 135 Å². The molecule has 2 amide bonds. The van der Waals surface area contributed by atoms with E-state index < -0.39 is 11.6 Å². The first-order valence-corrected chi connectivity index (χ1v) is 7.33. The van der Waals surface area contributed by atoms with Crippen molar-refractivity contribution in [1.82, 2.24) is 4.90 Å². The second-order valence-corrected chi connectivity index (χ2v) is 6.37. The van der Waals surface area contributed by atoms with Crippen LogP contribution in [0.1, 0.15) is 6.92 Å². The number of aliphatic carboxylic acids is 1. The third kappa shape index (κ3) is 4.09. The van der Waals surface area contributed by atoms with Crippen LogP contribution in [0.15, 0.2) is 22.7 Å². The minimum atomic E-state index is -1.03. The van der Waals surface area contributed by atoms with Crippen molar-refractivity contribution >= 4 is 45.2 Å². The molecule has 0 saturated carbocycles. The van der Waals surface area contributed by atoms with Gasteiger partial charge in [-0.1, -0.05) is 27.5 Å². The first-order chi connectivity index (χ1) is 9.79. The number of hydrogen-bond acceptors (Lipinski definition) is 3. The van der Waals surface area contributed by atoms with Gasteiger partial charge in [-0.3, -0.25) is 0 Å². The van der Waals surface area contributed by atoms with Gasteiger partial charge in [-0.05, 0) is 25.1 Å². The van der Waals surface area contributed by atoms with E-state index in [0.29, 0.717) is 23.8 Å². The second kappa shape index (κ2) is 6.21. The van der Waals surface area contributed by atoms with Gasteiger partial charge < -0.3 is 20.1 Å². The van der Waals surface area contributed by atoms with Gasteiger partial charge in [0, 0.05) is 4.47 Å². The average Bonchev–Trinajstić information content (AvgIpc) is 2.36. The van der Waals surface area contributed by atoms with E-state index in [1.165, 1.54) is 4.90 Å². The Kier molecular flexibility index (Phi) is 4.75. The first kappa shape index (κ1) is 16.1. The van der Waals surface area contributed by atoms with Crippen molar-refractivity contribution in [3.63, 3.8) is 0 Å². The van der Waals surface area contributed by atoms with Crippen LogP contribution < -0.4 is 5.32 Å². The van der Waals surface area contributed by atoms with E-state index in [4.69, 9.17) is 21.4 Å². The van der Waals surface area contributed by atoms with Gasteiger partial charge in [-0.15, -0.1) is 0 Å². The predicted molar refractivity (Wildman–Crippen MR) is 81.7 cm³/mol. The minimum Gasteiger partial charge on any atom is -0.480 e. The number of ether oxygens (including phenoxy) is 1. The van der Waals surface area contributed by atoms with E-state index in [0.717, 1.165) is 4.47 Å². The number of carbonyl (C=O) groups is 2. The van der Waals surface area contributed by atoms with Gasteiger partial charge in [0.05, 0.1) is 23.8 Å². The van der Waals surface area contributed by atoms with Gasteiger partial charge in [0.15, 0.2) is 0 Å². The van der Waals surface area contributed by atoms with Crippen molar-refractivity contribution in [1.29, 1.82) is 0 Å². The molecule has 2 rings (SSSR count). The number of nitrogens with zero attached hydrogens (tertiary/aromatic N) is 1. The molecule has 1 heterocycles. The maximum absolute atomic E-state index is 12.0. The molecule has 8 heteroatoms. The number of amides is 2. The van der Waals surface area contributed by atoms with E-state index in [1.807, 2.05) is 0 Å². The van der Waals surface area contributed by atoms with Gasteiger partial charge in [-0.25, -0.2) is 9.59 Å². The molecule has 21 heavy (non-hydrogen) atoms. The molecule has 114 valence electrons. The van der Waals surface area contributed by atoms with Crippen molar-refractivity contribution in [3.8, 4) is 0 Å². The fourth-order valence-electron chi connectivity index (χ4n) is 2.02. The lowest BCUT2D eigenvalue weighted by Crippen LogP contribution is -2.64. The molecule has 0 spiro atoms. The standard InChI is InChI=1S/C13H14BrClN2O4/c1-13(21-5-11(18)19)6-17(7-13)12(20)16-10-3-2-8(14)4-9(10)15/h2-4H,5-7H2,1H3,(H,16,20)(H,18,19). The number of halogens is 2. The predicted octanol–water partition coefficient (Wildman–Crippen LogP) is 2.81. The van der Waals surface area contributed by atoms with Crippen LogP contribution in [0.3, 0.4) is 0 Å². The second-order valence-electron chi connectivity index (χ2n) is 5.04. The molecule has 1 aliphatic rings. The molecule has 1 aliphatic heterocycles. The van der Waals surface area contributed by atoms with Gasteiger partial charge in [-0.2, -0.15) is 0 Å². The normalized spacial score (nSPS) is 16.2. The summed E-state index contributed by atoms with van der Waals surface area (Å²) in [6.45, 7) is 2.07. The molecule has 1 aromatic carbocycles. The van der Waals surface area contributed by atoms with Crippen molar-refractivity contribution in [2.24, 2.45) is 0 Å². The average molecular weight is 378 g/mol. The van der Waals surface area contributed by atoms with Crippen LogP contribution in [-0.4, -0.2) is 47.3 Å². The highest BCUT2D eigenvalue weighted by molar-refractivity contribution is 9.10. The summed E-state index contributed by atoms with van der Waals surface area (Å²) in [5, 5.41) is 11.7. The van der Waals surface area contributed by atoms with E-state index in [-0.39, 0.29) is 12.6 Å². The third-order valence-corrected chi connectivity index (χ3v) is 3.86. The Balaban J connectivity index is 1.87. The van der Waals surface area contributed by atoms with Crippen molar-refractivity contribution < 1.29 is 19.4 Å². The molecule has 0 bridgehead atoms. The zero-order valence-corrected chi connectivity index (χ0v) is 13.6. The molecule has 0 radical (unpaired) electrons. The summed E-state index contributed by atoms with van der Waals surface area (Å²) in [4.78, 5) is 24.0. The van der Waals surface area contributed by atoms with E-state index >= 15 is 0 Å². The first-order valence-electron chi connectivity index (χ1n) is 6.16. The molecular weight excluding hydrogens is 364 g/mol. The van der Waals surface area contributed by atoms with Crippen LogP contribution in [0.4, 0.5) is 10.5 Å². The highest BCUT2D eigenvalue weighted by Crippen LogP contribution is 2.28. The van der Waals surface area contributed by atoms with Crippen LogP contribution in [0, 0.1) is 0 Å². The molecule has 1 fully saturated rings. The molecule has 0 aromatic heterocycles. The minimum absolute atomic E-state index is 0.296. The van der Waals surface area contributed by atoms with Gasteiger partial charge in [0.1, 0.15) is 12.2 Å². The lowest BCUT2D eigenvalue weighted by molar-refractivity contribution is -0.159. The zero-order valence-electron chi connectivity index (χ0n) is 11.2.